The molecule has 0 radical (unpaired) electrons. The van der Waals surface area contributed by atoms with Crippen molar-refractivity contribution < 1.29 is 8.37 Å². The molecule has 0 unspecified atom stereocenters. The summed E-state index contributed by atoms with van der Waals surface area (Å²) in [6.45, 7) is 18.1. The van der Waals surface area contributed by atoms with Crippen LogP contribution in [0.25, 0.3) is 0 Å². The van der Waals surface area contributed by atoms with E-state index in [1.807, 2.05) is 0 Å². The molecule has 0 bridgehead atoms. The average molecular weight is 443 g/mol. The van der Waals surface area contributed by atoms with Gasteiger partial charge < -0.3 is 8.37 Å². The predicted molar refractivity (Wildman–Crippen MR) is 136 cm³/mol. The molecular weight excluding hydrogens is 400 g/mol. The second kappa shape index (κ2) is 12.4. The van der Waals surface area contributed by atoms with Crippen LogP contribution in [-0.2, 0) is 25.7 Å². The lowest BCUT2D eigenvalue weighted by molar-refractivity contribution is 0.516. The van der Waals surface area contributed by atoms with Crippen molar-refractivity contribution >= 4 is 12.3 Å². The van der Waals surface area contributed by atoms with Gasteiger partial charge in [0.25, 0.3) is 12.3 Å². The summed E-state index contributed by atoms with van der Waals surface area (Å²) >= 11 is 1.10. The van der Waals surface area contributed by atoms with E-state index in [2.05, 4.69) is 91.8 Å². The lowest BCUT2D eigenvalue weighted by atomic mass is 9.92. The fourth-order valence-electron chi connectivity index (χ4n) is 4.01. The molecule has 2 aromatic rings. The molecule has 0 heterocycles. The van der Waals surface area contributed by atoms with Crippen LogP contribution in [0.5, 0.6) is 11.5 Å². The molecule has 0 atom stereocenters. The normalized spacial score (nSPS) is 11.7. The van der Waals surface area contributed by atoms with Gasteiger partial charge in [0.15, 0.2) is 0 Å². The lowest BCUT2D eigenvalue weighted by Crippen LogP contribution is -2.06. The maximum absolute atomic E-state index is 6.14. The largest absolute Gasteiger partial charge is 0.391 e. The second-order valence-electron chi connectivity index (χ2n) is 10.4. The Bertz CT molecular complexity index is 741. The summed E-state index contributed by atoms with van der Waals surface area (Å²) in [5, 5.41) is 0. The van der Waals surface area contributed by atoms with E-state index >= 15 is 0 Å². The van der Waals surface area contributed by atoms with E-state index in [1.165, 1.54) is 22.3 Å². The summed E-state index contributed by atoms with van der Waals surface area (Å²) < 4.78 is 12.3. The third-order valence-electron chi connectivity index (χ3n) is 5.19. The van der Waals surface area contributed by atoms with Crippen molar-refractivity contribution in [3.8, 4) is 11.5 Å². The number of hydrogen-bond acceptors (Lipinski definition) is 3. The van der Waals surface area contributed by atoms with Crippen LogP contribution < -0.4 is 8.37 Å². The van der Waals surface area contributed by atoms with Crippen molar-refractivity contribution in [2.24, 2.45) is 23.7 Å². The second-order valence-corrected chi connectivity index (χ2v) is 10.9. The molecule has 0 aliphatic heterocycles. The Kier molecular flexibility index (Phi) is 10.3. The van der Waals surface area contributed by atoms with Gasteiger partial charge in [-0.1, -0.05) is 79.7 Å². The van der Waals surface area contributed by atoms with Gasteiger partial charge in [0.05, 0.1) is 0 Å². The first-order valence-electron chi connectivity index (χ1n) is 11.9. The molecule has 2 nitrogen and oxygen atoms in total. The van der Waals surface area contributed by atoms with Gasteiger partial charge in [-0.3, -0.25) is 0 Å². The number of hydrogen-bond donors (Lipinski definition) is 0. The Hall–Kier alpha value is -1.61. The van der Waals surface area contributed by atoms with Crippen molar-refractivity contribution in [3.63, 3.8) is 0 Å². The zero-order chi connectivity index (χ0) is 23.0. The Balaban J connectivity index is 2.21. The van der Waals surface area contributed by atoms with Crippen molar-refractivity contribution in [1.29, 1.82) is 0 Å². The standard InChI is InChI=1S/C28H42O2S/c1-19(2)15-23-11-9-13-27(25(23)17-21(5)6)29-31-30-28-14-10-12-24(16-20(3)4)26(28)18-22(7)8/h9-14,19-22H,15-18H2,1-8H3. The summed E-state index contributed by atoms with van der Waals surface area (Å²) in [5.74, 6) is 4.25. The van der Waals surface area contributed by atoms with E-state index in [1.54, 1.807) is 0 Å². The molecule has 172 valence electrons. The molecule has 3 heteroatoms. The third-order valence-corrected chi connectivity index (χ3v) is 5.68. The molecule has 0 amide bonds. The fourth-order valence-corrected chi connectivity index (χ4v) is 4.50. The molecule has 2 aromatic carbocycles. The van der Waals surface area contributed by atoms with Crippen molar-refractivity contribution in [2.75, 3.05) is 0 Å². The van der Waals surface area contributed by atoms with E-state index in [9.17, 15) is 0 Å². The van der Waals surface area contributed by atoms with E-state index < -0.39 is 0 Å². The third kappa shape index (κ3) is 8.44. The van der Waals surface area contributed by atoms with Gasteiger partial charge in [0, 0.05) is 0 Å². The van der Waals surface area contributed by atoms with Gasteiger partial charge in [0.1, 0.15) is 11.5 Å². The van der Waals surface area contributed by atoms with Crippen LogP contribution in [0.3, 0.4) is 0 Å². The molecule has 0 aromatic heterocycles. The molecule has 0 spiro atoms. The van der Waals surface area contributed by atoms with Crippen LogP contribution in [0, 0.1) is 23.7 Å². The van der Waals surface area contributed by atoms with E-state index in [0.29, 0.717) is 23.7 Å². The number of benzene rings is 2. The van der Waals surface area contributed by atoms with Crippen LogP contribution in [0.4, 0.5) is 0 Å². The molecule has 0 aliphatic carbocycles. The smallest absolute Gasteiger partial charge is 0.293 e. The molecular formula is C28H42O2S. The highest BCUT2D eigenvalue weighted by Crippen LogP contribution is 2.33. The molecule has 0 saturated heterocycles. The van der Waals surface area contributed by atoms with Crippen molar-refractivity contribution in [1.82, 2.24) is 0 Å². The highest BCUT2D eigenvalue weighted by Gasteiger charge is 2.16. The fraction of sp³-hybridized carbons (Fsp3) is 0.571. The van der Waals surface area contributed by atoms with Crippen molar-refractivity contribution in [3.05, 3.63) is 58.7 Å². The zero-order valence-corrected chi connectivity index (χ0v) is 21.6. The maximum Gasteiger partial charge on any atom is 0.293 e. The van der Waals surface area contributed by atoms with Crippen LogP contribution in [-0.4, -0.2) is 0 Å². The molecule has 0 N–H and O–H groups in total. The summed E-state index contributed by atoms with van der Waals surface area (Å²) in [6.07, 6.45) is 4.17. The van der Waals surface area contributed by atoms with Crippen LogP contribution in [0.15, 0.2) is 36.4 Å². The maximum atomic E-state index is 6.14. The van der Waals surface area contributed by atoms with Crippen LogP contribution in [0.1, 0.15) is 77.6 Å². The summed E-state index contributed by atoms with van der Waals surface area (Å²) in [5.41, 5.74) is 5.42. The topological polar surface area (TPSA) is 18.5 Å². The zero-order valence-electron chi connectivity index (χ0n) is 20.8. The molecule has 2 rings (SSSR count). The SMILES string of the molecule is CC(C)Cc1cccc(OSOc2cccc(CC(C)C)c2CC(C)C)c1CC(C)C. The van der Waals surface area contributed by atoms with Gasteiger partial charge in [-0.2, -0.15) is 0 Å². The highest BCUT2D eigenvalue weighted by molar-refractivity contribution is 7.90. The first kappa shape index (κ1) is 25.6. The van der Waals surface area contributed by atoms with Gasteiger partial charge in [-0.25, -0.2) is 0 Å². The van der Waals surface area contributed by atoms with Crippen molar-refractivity contribution in [2.45, 2.75) is 81.1 Å². The Labute approximate surface area is 195 Å². The minimum absolute atomic E-state index is 0.576. The molecule has 0 aliphatic rings. The Morgan fingerprint density at radius 1 is 0.548 bits per heavy atom. The molecule has 0 saturated carbocycles. The van der Waals surface area contributed by atoms with Gasteiger partial charge in [-0.15, -0.1) is 0 Å². The lowest BCUT2D eigenvalue weighted by Gasteiger charge is -2.19. The summed E-state index contributed by atoms with van der Waals surface area (Å²) in [7, 11) is 0. The Morgan fingerprint density at radius 2 is 0.903 bits per heavy atom. The van der Waals surface area contributed by atoms with Gasteiger partial charge in [0.2, 0.25) is 0 Å². The van der Waals surface area contributed by atoms with E-state index in [0.717, 1.165) is 49.5 Å². The first-order chi connectivity index (χ1) is 14.7. The summed E-state index contributed by atoms with van der Waals surface area (Å²) in [4.78, 5) is 0. The average Bonchev–Trinajstić information content (AvgIpc) is 2.65. The van der Waals surface area contributed by atoms with Gasteiger partial charge in [-0.05, 0) is 83.7 Å². The van der Waals surface area contributed by atoms with Crippen LogP contribution >= 0.6 is 12.3 Å². The minimum Gasteiger partial charge on any atom is -0.391 e. The quantitative estimate of drug-likeness (QED) is 0.307. The monoisotopic (exact) mass is 442 g/mol. The minimum atomic E-state index is 0.576. The molecule has 0 fully saturated rings. The van der Waals surface area contributed by atoms with E-state index in [-0.39, 0.29) is 0 Å². The predicted octanol–water partition coefficient (Wildman–Crippen LogP) is 8.50. The summed E-state index contributed by atoms with van der Waals surface area (Å²) in [6, 6.07) is 12.8. The number of rotatable bonds is 12. The Morgan fingerprint density at radius 3 is 1.23 bits per heavy atom. The van der Waals surface area contributed by atoms with E-state index in [4.69, 9.17) is 8.37 Å². The first-order valence-corrected chi connectivity index (χ1v) is 12.6. The van der Waals surface area contributed by atoms with Crippen LogP contribution in [0.2, 0.25) is 0 Å². The van der Waals surface area contributed by atoms with Gasteiger partial charge >= 0.3 is 0 Å². The molecule has 31 heavy (non-hydrogen) atoms. The highest BCUT2D eigenvalue weighted by atomic mass is 32.2.